The summed E-state index contributed by atoms with van der Waals surface area (Å²) < 4.78 is 27.7. The van der Waals surface area contributed by atoms with E-state index < -0.39 is 17.5 Å². The largest absolute Gasteiger partial charge is 0.477 e. The Kier molecular flexibility index (Phi) is 3.11. The Bertz CT molecular complexity index is 473. The molecule has 0 amide bonds. The Labute approximate surface area is 103 Å². The summed E-state index contributed by atoms with van der Waals surface area (Å²) in [6.45, 7) is 0. The van der Waals surface area contributed by atoms with E-state index in [1.54, 1.807) is 12.1 Å². The molecular formula is C13H14F2O3. The number of benzene rings is 1. The van der Waals surface area contributed by atoms with E-state index in [1.807, 2.05) is 0 Å². The van der Waals surface area contributed by atoms with Gasteiger partial charge in [0.05, 0.1) is 0 Å². The Balaban J connectivity index is 2.59. The minimum atomic E-state index is -4.19. The van der Waals surface area contributed by atoms with Gasteiger partial charge in [-0.05, 0) is 36.8 Å². The number of aryl methyl sites for hydroxylation is 1. The average molecular weight is 256 g/mol. The van der Waals surface area contributed by atoms with Gasteiger partial charge in [0, 0.05) is 0 Å². The van der Waals surface area contributed by atoms with E-state index >= 15 is 0 Å². The SMILES string of the molecule is O=C(O)C(F)(F)C1(O)CCCCc2ccccc21. The first kappa shape index (κ1) is 13.0. The van der Waals surface area contributed by atoms with Crippen LogP contribution in [0.25, 0.3) is 0 Å². The van der Waals surface area contributed by atoms with Gasteiger partial charge < -0.3 is 10.2 Å². The molecule has 0 heterocycles. The average Bonchev–Trinajstić information content (AvgIpc) is 2.50. The molecule has 2 N–H and O–H groups in total. The monoisotopic (exact) mass is 256 g/mol. The quantitative estimate of drug-likeness (QED) is 0.798. The molecule has 0 radical (unpaired) electrons. The Morgan fingerprint density at radius 2 is 1.94 bits per heavy atom. The number of hydrogen-bond donors (Lipinski definition) is 2. The standard InChI is InChI=1S/C13H14F2O3/c14-13(15,11(16)17)12(18)8-4-3-6-9-5-1-2-7-10(9)12/h1-2,5,7,18H,3-4,6,8H2,(H,16,17). The molecule has 0 fully saturated rings. The highest BCUT2D eigenvalue weighted by atomic mass is 19.3. The van der Waals surface area contributed by atoms with Crippen molar-refractivity contribution in [2.45, 2.75) is 37.2 Å². The van der Waals surface area contributed by atoms with Gasteiger partial charge in [-0.1, -0.05) is 24.3 Å². The van der Waals surface area contributed by atoms with Crippen molar-refractivity contribution in [3.05, 3.63) is 35.4 Å². The van der Waals surface area contributed by atoms with Crippen LogP contribution in [0, 0.1) is 0 Å². The van der Waals surface area contributed by atoms with Crippen molar-refractivity contribution in [3.8, 4) is 0 Å². The number of rotatable bonds is 2. The molecule has 1 aliphatic rings. The van der Waals surface area contributed by atoms with Crippen LogP contribution in [-0.2, 0) is 16.8 Å². The Morgan fingerprint density at radius 1 is 1.28 bits per heavy atom. The van der Waals surface area contributed by atoms with Gasteiger partial charge >= 0.3 is 11.9 Å². The van der Waals surface area contributed by atoms with E-state index in [1.165, 1.54) is 12.1 Å². The van der Waals surface area contributed by atoms with Crippen molar-refractivity contribution in [2.75, 3.05) is 0 Å². The van der Waals surface area contributed by atoms with Gasteiger partial charge in [-0.3, -0.25) is 0 Å². The second kappa shape index (κ2) is 4.31. The summed E-state index contributed by atoms with van der Waals surface area (Å²) in [6.07, 6.45) is 1.36. The van der Waals surface area contributed by atoms with Crippen LogP contribution in [0.15, 0.2) is 24.3 Å². The van der Waals surface area contributed by atoms with Crippen molar-refractivity contribution in [3.63, 3.8) is 0 Å². The van der Waals surface area contributed by atoms with Gasteiger partial charge in [0.25, 0.3) is 0 Å². The molecule has 0 aromatic heterocycles. The fourth-order valence-corrected chi connectivity index (χ4v) is 2.48. The van der Waals surface area contributed by atoms with Gasteiger partial charge in [-0.25, -0.2) is 4.79 Å². The number of aliphatic carboxylic acids is 1. The Hall–Kier alpha value is -1.49. The lowest BCUT2D eigenvalue weighted by Crippen LogP contribution is -2.51. The van der Waals surface area contributed by atoms with Crippen LogP contribution in [0.3, 0.4) is 0 Å². The van der Waals surface area contributed by atoms with E-state index in [0.717, 1.165) is 0 Å². The third-order valence-electron chi connectivity index (χ3n) is 3.49. The van der Waals surface area contributed by atoms with Crippen molar-refractivity contribution in [1.29, 1.82) is 0 Å². The number of hydrogen-bond acceptors (Lipinski definition) is 2. The lowest BCUT2D eigenvalue weighted by Gasteiger charge is -2.33. The molecule has 3 nitrogen and oxygen atoms in total. The smallest absolute Gasteiger partial charge is 0.378 e. The zero-order valence-corrected chi connectivity index (χ0v) is 9.70. The number of carbonyl (C=O) groups is 1. The van der Waals surface area contributed by atoms with Crippen LogP contribution in [0.5, 0.6) is 0 Å². The first-order valence-electron chi connectivity index (χ1n) is 5.81. The predicted octanol–water partition coefficient (Wildman–Crippen LogP) is 2.32. The number of fused-ring (bicyclic) bond motifs is 1. The summed E-state index contributed by atoms with van der Waals surface area (Å²) in [4.78, 5) is 10.7. The fraction of sp³-hybridized carbons (Fsp3) is 0.462. The Morgan fingerprint density at radius 3 is 2.61 bits per heavy atom. The fourth-order valence-electron chi connectivity index (χ4n) is 2.48. The summed E-state index contributed by atoms with van der Waals surface area (Å²) in [7, 11) is 0. The summed E-state index contributed by atoms with van der Waals surface area (Å²) in [5.41, 5.74) is -1.99. The third-order valence-corrected chi connectivity index (χ3v) is 3.49. The van der Waals surface area contributed by atoms with E-state index in [-0.39, 0.29) is 12.0 Å². The molecule has 0 spiro atoms. The van der Waals surface area contributed by atoms with E-state index in [9.17, 15) is 18.7 Å². The maximum atomic E-state index is 13.8. The van der Waals surface area contributed by atoms with Crippen molar-refractivity contribution >= 4 is 5.97 Å². The highest BCUT2D eigenvalue weighted by Gasteiger charge is 2.60. The normalized spacial score (nSPS) is 24.2. The summed E-state index contributed by atoms with van der Waals surface area (Å²) in [5.74, 6) is -6.48. The molecule has 1 aliphatic carbocycles. The maximum absolute atomic E-state index is 13.8. The minimum absolute atomic E-state index is 0.0369. The van der Waals surface area contributed by atoms with Crippen LogP contribution in [0.1, 0.15) is 30.4 Å². The van der Waals surface area contributed by atoms with Gasteiger partial charge in [-0.2, -0.15) is 8.78 Å². The topological polar surface area (TPSA) is 57.5 Å². The second-order valence-corrected chi connectivity index (χ2v) is 4.60. The molecule has 1 unspecified atom stereocenters. The van der Waals surface area contributed by atoms with Crippen LogP contribution in [-0.4, -0.2) is 22.1 Å². The molecule has 0 saturated carbocycles. The molecule has 0 aliphatic heterocycles. The predicted molar refractivity (Wildman–Crippen MR) is 60.5 cm³/mol. The molecule has 5 heteroatoms. The molecule has 18 heavy (non-hydrogen) atoms. The summed E-state index contributed by atoms with van der Waals surface area (Å²) in [6, 6.07) is 6.28. The number of halogens is 2. The van der Waals surface area contributed by atoms with Crippen molar-refractivity contribution < 1.29 is 23.8 Å². The molecule has 98 valence electrons. The molecular weight excluding hydrogens is 242 g/mol. The van der Waals surface area contributed by atoms with Crippen molar-refractivity contribution in [2.24, 2.45) is 0 Å². The highest BCUT2D eigenvalue weighted by molar-refractivity contribution is 5.77. The van der Waals surface area contributed by atoms with Crippen LogP contribution >= 0.6 is 0 Å². The molecule has 1 aromatic carbocycles. The number of aliphatic hydroxyl groups is 1. The summed E-state index contributed by atoms with van der Waals surface area (Å²) >= 11 is 0. The second-order valence-electron chi connectivity index (χ2n) is 4.60. The zero-order chi connectivity index (χ0) is 13.4. The number of carboxylic acid groups (broad SMARTS) is 1. The van der Waals surface area contributed by atoms with Gasteiger partial charge in [0.1, 0.15) is 0 Å². The van der Waals surface area contributed by atoms with E-state index in [0.29, 0.717) is 24.8 Å². The lowest BCUT2D eigenvalue weighted by molar-refractivity contribution is -0.214. The molecule has 0 bridgehead atoms. The van der Waals surface area contributed by atoms with Crippen molar-refractivity contribution in [1.82, 2.24) is 0 Å². The molecule has 1 atom stereocenters. The maximum Gasteiger partial charge on any atom is 0.378 e. The minimum Gasteiger partial charge on any atom is -0.477 e. The highest BCUT2D eigenvalue weighted by Crippen LogP contribution is 2.45. The van der Waals surface area contributed by atoms with Crippen LogP contribution < -0.4 is 0 Å². The molecule has 2 rings (SSSR count). The molecule has 1 aromatic rings. The van der Waals surface area contributed by atoms with Gasteiger partial charge in [0.15, 0.2) is 5.60 Å². The first-order valence-corrected chi connectivity index (χ1v) is 5.81. The van der Waals surface area contributed by atoms with E-state index in [2.05, 4.69) is 0 Å². The number of carboxylic acids is 1. The number of alkyl halides is 2. The van der Waals surface area contributed by atoms with Gasteiger partial charge in [0.2, 0.25) is 0 Å². The van der Waals surface area contributed by atoms with Crippen LogP contribution in [0.2, 0.25) is 0 Å². The molecule has 0 saturated heterocycles. The summed E-state index contributed by atoms with van der Waals surface area (Å²) in [5, 5.41) is 18.9. The lowest BCUT2D eigenvalue weighted by atomic mass is 9.82. The zero-order valence-electron chi connectivity index (χ0n) is 9.70. The van der Waals surface area contributed by atoms with Gasteiger partial charge in [-0.15, -0.1) is 0 Å². The first-order chi connectivity index (χ1) is 8.39. The third kappa shape index (κ3) is 1.79. The van der Waals surface area contributed by atoms with E-state index in [4.69, 9.17) is 5.11 Å². The van der Waals surface area contributed by atoms with Crippen LogP contribution in [0.4, 0.5) is 8.78 Å².